The average Bonchev–Trinajstić information content (AvgIpc) is 2.83. The maximum absolute atomic E-state index is 13.3. The summed E-state index contributed by atoms with van der Waals surface area (Å²) < 4.78 is 78.2. The molecule has 0 fully saturated rings. The molecule has 0 unspecified atom stereocenters. The minimum atomic E-state index is -6.10. The third-order valence-corrected chi connectivity index (χ3v) is 12.4. The van der Waals surface area contributed by atoms with Crippen molar-refractivity contribution in [3.8, 4) is 5.75 Å². The first-order chi connectivity index (χ1) is 18.5. The number of benzene rings is 2. The van der Waals surface area contributed by atoms with Gasteiger partial charge in [0.1, 0.15) is 12.2 Å². The van der Waals surface area contributed by atoms with Crippen molar-refractivity contribution in [2.24, 2.45) is 5.41 Å². The van der Waals surface area contributed by atoms with Crippen LogP contribution in [0.1, 0.15) is 67.8 Å². The van der Waals surface area contributed by atoms with Gasteiger partial charge in [0.25, 0.3) is 5.91 Å². The fraction of sp³-hybridized carbons (Fsp3) is 0.500. The molecule has 0 radical (unpaired) electrons. The van der Waals surface area contributed by atoms with Gasteiger partial charge in [-0.3, -0.25) is 4.79 Å². The highest BCUT2D eigenvalue weighted by atomic mass is 32.2. The predicted octanol–water partition coefficient (Wildman–Crippen LogP) is 6.44. The summed E-state index contributed by atoms with van der Waals surface area (Å²) in [6.07, 6.45) is 0. The van der Waals surface area contributed by atoms with E-state index in [4.69, 9.17) is 9.16 Å². The van der Waals surface area contributed by atoms with Gasteiger partial charge in [0.05, 0.1) is 12.6 Å². The highest BCUT2D eigenvalue weighted by molar-refractivity contribution is 7.88. The van der Waals surface area contributed by atoms with Gasteiger partial charge in [-0.1, -0.05) is 71.9 Å². The Morgan fingerprint density at radius 1 is 0.951 bits per heavy atom. The van der Waals surface area contributed by atoms with E-state index in [9.17, 15) is 31.2 Å². The van der Waals surface area contributed by atoms with Crippen LogP contribution in [0.5, 0.6) is 5.75 Å². The van der Waals surface area contributed by atoms with Gasteiger partial charge in [-0.2, -0.15) is 21.6 Å². The van der Waals surface area contributed by atoms with E-state index in [0.717, 1.165) is 18.2 Å². The Bertz CT molecular complexity index is 1330. The first-order valence-corrected chi connectivity index (χ1v) is 17.2. The van der Waals surface area contributed by atoms with Gasteiger partial charge in [-0.25, -0.2) is 4.79 Å². The smallest absolute Gasteiger partial charge is 0.457 e. The fourth-order valence-corrected chi connectivity index (χ4v) is 4.62. The molecule has 8 nitrogen and oxygen atoms in total. The maximum atomic E-state index is 13.3. The summed E-state index contributed by atoms with van der Waals surface area (Å²) in [5.41, 5.74) is -6.38. The number of halogens is 3. The molecule has 0 saturated carbocycles. The fourth-order valence-electron chi connectivity index (χ4n) is 3.13. The van der Waals surface area contributed by atoms with E-state index < -0.39 is 58.6 Å². The number of ether oxygens (including phenoxy) is 1. The summed E-state index contributed by atoms with van der Waals surface area (Å²) in [6, 6.07) is 10.8. The zero-order valence-corrected chi connectivity index (χ0v) is 26.3. The molecular formula is C28H38F3NO7SSi. The first-order valence-electron chi connectivity index (χ1n) is 12.9. The molecule has 0 bridgehead atoms. The summed E-state index contributed by atoms with van der Waals surface area (Å²) in [5.74, 6) is -2.75. The Labute approximate surface area is 240 Å². The summed E-state index contributed by atoms with van der Waals surface area (Å²) in [7, 11) is -8.26. The summed E-state index contributed by atoms with van der Waals surface area (Å²) in [4.78, 5) is 26.2. The second-order valence-corrected chi connectivity index (χ2v) is 18.6. The van der Waals surface area contributed by atoms with Crippen molar-refractivity contribution in [2.45, 2.75) is 77.8 Å². The van der Waals surface area contributed by atoms with Crippen LogP contribution < -0.4 is 9.50 Å². The average molecular weight is 618 g/mol. The highest BCUT2D eigenvalue weighted by Gasteiger charge is 2.49. The van der Waals surface area contributed by atoms with E-state index in [1.807, 2.05) is 20.8 Å². The van der Waals surface area contributed by atoms with E-state index in [2.05, 4.69) is 43.4 Å². The molecule has 13 heteroatoms. The lowest BCUT2D eigenvalue weighted by Crippen LogP contribution is -2.51. The van der Waals surface area contributed by atoms with Crippen LogP contribution in [0.3, 0.4) is 0 Å². The number of carbonyl (C=O) groups excluding carboxylic acids is 2. The van der Waals surface area contributed by atoms with E-state index in [1.54, 1.807) is 30.3 Å². The Balaban J connectivity index is 2.40. The molecule has 1 N–H and O–H groups in total. The molecule has 2 rings (SSSR count). The Hall–Kier alpha value is -2.90. The number of hydrogen-bond acceptors (Lipinski definition) is 7. The molecule has 0 aliphatic rings. The zero-order chi connectivity index (χ0) is 31.4. The molecule has 228 valence electrons. The SMILES string of the molecule is CC(C)(C)[C@@H](CO[Si](C)(C)C(C)(C)C)NC(=O)c1ccc(OS(=O)(=O)C(F)(F)F)c(C(=O)OCc2ccccc2)c1. The lowest BCUT2D eigenvalue weighted by atomic mass is 9.87. The third-order valence-electron chi connectivity index (χ3n) is 6.93. The molecule has 0 aliphatic carbocycles. The molecule has 41 heavy (non-hydrogen) atoms. The van der Waals surface area contributed by atoms with Crippen LogP contribution in [0.15, 0.2) is 48.5 Å². The lowest BCUT2D eigenvalue weighted by Gasteiger charge is -2.39. The van der Waals surface area contributed by atoms with Gasteiger partial charge >= 0.3 is 21.6 Å². The Kier molecular flexibility index (Phi) is 10.5. The van der Waals surface area contributed by atoms with E-state index in [0.29, 0.717) is 5.56 Å². The molecule has 0 heterocycles. The number of alkyl halides is 3. The zero-order valence-electron chi connectivity index (χ0n) is 24.5. The summed E-state index contributed by atoms with van der Waals surface area (Å²) >= 11 is 0. The van der Waals surface area contributed by atoms with Crippen LogP contribution in [0.4, 0.5) is 13.2 Å². The first kappa shape index (κ1) is 34.3. The molecular weight excluding hydrogens is 579 g/mol. The number of rotatable bonds is 10. The van der Waals surface area contributed by atoms with Crippen molar-refractivity contribution in [2.75, 3.05) is 6.61 Å². The van der Waals surface area contributed by atoms with Crippen molar-refractivity contribution in [1.82, 2.24) is 5.32 Å². The molecule has 2 aromatic rings. The van der Waals surface area contributed by atoms with Gasteiger partial charge in [0.2, 0.25) is 0 Å². The van der Waals surface area contributed by atoms with Crippen molar-refractivity contribution in [3.63, 3.8) is 0 Å². The molecule has 1 atom stereocenters. The largest absolute Gasteiger partial charge is 0.534 e. The summed E-state index contributed by atoms with van der Waals surface area (Å²) in [6.45, 7) is 16.1. The molecule has 0 saturated heterocycles. The Morgan fingerprint density at radius 2 is 1.54 bits per heavy atom. The number of hydrogen-bond donors (Lipinski definition) is 1. The normalized spacial score (nSPS) is 13.8. The van der Waals surface area contributed by atoms with Gasteiger partial charge < -0.3 is 18.7 Å². The number of esters is 1. The molecule has 0 aromatic heterocycles. The van der Waals surface area contributed by atoms with Crippen LogP contribution in [0, 0.1) is 5.41 Å². The van der Waals surface area contributed by atoms with Crippen LogP contribution in [-0.4, -0.2) is 46.8 Å². The minimum absolute atomic E-state index is 0.0684. The number of nitrogens with one attached hydrogen (secondary N) is 1. The lowest BCUT2D eigenvalue weighted by molar-refractivity contribution is -0.0500. The van der Waals surface area contributed by atoms with Crippen molar-refractivity contribution >= 4 is 30.3 Å². The standard InChI is InChI=1S/C28H38F3NO7SSi/c1-26(2,3)23(18-38-41(7,8)27(4,5)6)32-24(33)20-14-15-22(39-40(35,36)28(29,30)31)21(16-20)25(34)37-17-19-12-10-9-11-13-19/h9-16,23H,17-18H2,1-8H3,(H,32,33)/t23-/m1/s1. The second kappa shape index (κ2) is 12.5. The van der Waals surface area contributed by atoms with Crippen molar-refractivity contribution < 1.29 is 44.5 Å². The van der Waals surface area contributed by atoms with E-state index >= 15 is 0 Å². The monoisotopic (exact) mass is 617 g/mol. The van der Waals surface area contributed by atoms with Crippen LogP contribution in [0.25, 0.3) is 0 Å². The van der Waals surface area contributed by atoms with Gasteiger partial charge in [0, 0.05) is 5.56 Å². The van der Waals surface area contributed by atoms with Crippen LogP contribution >= 0.6 is 0 Å². The topological polar surface area (TPSA) is 108 Å². The number of carbonyl (C=O) groups is 2. The molecule has 2 aromatic carbocycles. The van der Waals surface area contributed by atoms with E-state index in [-0.39, 0.29) is 23.8 Å². The predicted molar refractivity (Wildman–Crippen MR) is 151 cm³/mol. The Morgan fingerprint density at radius 3 is 2.05 bits per heavy atom. The van der Waals surface area contributed by atoms with Gasteiger partial charge in [-0.05, 0) is 47.3 Å². The van der Waals surface area contributed by atoms with E-state index in [1.165, 1.54) is 0 Å². The summed E-state index contributed by atoms with van der Waals surface area (Å²) in [5, 5.41) is 2.81. The van der Waals surface area contributed by atoms with Crippen molar-refractivity contribution in [3.05, 3.63) is 65.2 Å². The third kappa shape index (κ3) is 9.30. The van der Waals surface area contributed by atoms with Crippen molar-refractivity contribution in [1.29, 1.82) is 0 Å². The van der Waals surface area contributed by atoms with Gasteiger partial charge in [0.15, 0.2) is 14.1 Å². The molecule has 0 aliphatic heterocycles. The highest BCUT2D eigenvalue weighted by Crippen LogP contribution is 2.37. The minimum Gasteiger partial charge on any atom is -0.457 e. The molecule has 0 spiro atoms. The van der Waals surface area contributed by atoms with Crippen LogP contribution in [-0.2, 0) is 25.9 Å². The van der Waals surface area contributed by atoms with Gasteiger partial charge in [-0.15, -0.1) is 0 Å². The molecule has 1 amide bonds. The second-order valence-electron chi connectivity index (χ2n) is 12.2. The quantitative estimate of drug-likeness (QED) is 0.142. The number of amides is 1. The van der Waals surface area contributed by atoms with Crippen LogP contribution in [0.2, 0.25) is 18.1 Å². The maximum Gasteiger partial charge on any atom is 0.534 e.